The van der Waals surface area contributed by atoms with Gasteiger partial charge in [0.2, 0.25) is 0 Å². The molecular weight excluding hydrogens is 227 g/mol. The van der Waals surface area contributed by atoms with E-state index in [-0.39, 0.29) is 13.1 Å². The molecule has 0 radical (unpaired) electrons. The summed E-state index contributed by atoms with van der Waals surface area (Å²) >= 11 is 0. The Morgan fingerprint density at radius 2 is 2.24 bits per heavy atom. The molecule has 1 saturated heterocycles. The maximum absolute atomic E-state index is 12.7. The van der Waals surface area contributed by atoms with Crippen LogP contribution < -0.4 is 0 Å². The van der Waals surface area contributed by atoms with E-state index in [2.05, 4.69) is 10.0 Å². The maximum Gasteiger partial charge on any atom is 0.410 e. The second-order valence-corrected chi connectivity index (χ2v) is 5.07. The minimum absolute atomic E-state index is 0.216. The summed E-state index contributed by atoms with van der Waals surface area (Å²) in [6.07, 6.45) is -0.494. The smallest absolute Gasteiger partial charge is 0.410 e. The topological polar surface area (TPSA) is 78.3 Å². The standard InChI is InChI=1S/C10H17FN4O2/c1-10(2,3)17-9(16)15-5-7(4-11)8(6-15)13-14-12/h7-8H,4-6H2,1-3H3/t7-,8+/m1/s1. The lowest BCUT2D eigenvalue weighted by Crippen LogP contribution is -2.35. The third-order valence-electron chi connectivity index (χ3n) is 2.46. The number of likely N-dealkylation sites (tertiary alicyclic amines) is 1. The Morgan fingerprint density at radius 3 is 2.71 bits per heavy atom. The van der Waals surface area contributed by atoms with Crippen molar-refractivity contribution in [2.75, 3.05) is 19.8 Å². The van der Waals surface area contributed by atoms with Crippen LogP contribution in [0.15, 0.2) is 5.11 Å². The summed E-state index contributed by atoms with van der Waals surface area (Å²) in [5, 5.41) is 3.50. The van der Waals surface area contributed by atoms with Gasteiger partial charge in [0.05, 0.1) is 12.7 Å². The first-order chi connectivity index (χ1) is 7.87. The van der Waals surface area contributed by atoms with Gasteiger partial charge < -0.3 is 9.64 Å². The number of nitrogens with zero attached hydrogens (tertiary/aromatic N) is 4. The first-order valence-corrected chi connectivity index (χ1v) is 5.45. The van der Waals surface area contributed by atoms with E-state index in [4.69, 9.17) is 10.3 Å². The van der Waals surface area contributed by atoms with Crippen molar-refractivity contribution in [3.05, 3.63) is 10.4 Å². The summed E-state index contributed by atoms with van der Waals surface area (Å²) in [4.78, 5) is 15.8. The van der Waals surface area contributed by atoms with Crippen molar-refractivity contribution in [3.63, 3.8) is 0 Å². The van der Waals surface area contributed by atoms with Crippen LogP contribution in [-0.2, 0) is 4.74 Å². The van der Waals surface area contributed by atoms with Gasteiger partial charge in [-0.25, -0.2) is 4.79 Å². The van der Waals surface area contributed by atoms with Crippen molar-refractivity contribution in [2.45, 2.75) is 32.4 Å². The normalized spacial score (nSPS) is 24.4. The molecule has 0 aromatic rings. The highest BCUT2D eigenvalue weighted by Crippen LogP contribution is 2.22. The van der Waals surface area contributed by atoms with Gasteiger partial charge >= 0.3 is 6.09 Å². The number of azide groups is 1. The van der Waals surface area contributed by atoms with Crippen molar-refractivity contribution >= 4 is 6.09 Å². The molecule has 0 aliphatic carbocycles. The summed E-state index contributed by atoms with van der Waals surface area (Å²) in [6, 6.07) is -0.502. The van der Waals surface area contributed by atoms with Crippen molar-refractivity contribution in [2.24, 2.45) is 11.0 Å². The molecule has 0 unspecified atom stereocenters. The van der Waals surface area contributed by atoms with Gasteiger partial charge in [-0.2, -0.15) is 0 Å². The number of ether oxygens (including phenoxy) is 1. The van der Waals surface area contributed by atoms with Gasteiger partial charge in [-0.3, -0.25) is 4.39 Å². The van der Waals surface area contributed by atoms with Crippen LogP contribution in [0.3, 0.4) is 0 Å². The fourth-order valence-corrected chi connectivity index (χ4v) is 1.68. The number of alkyl halides is 1. The number of hydrogen-bond acceptors (Lipinski definition) is 3. The largest absolute Gasteiger partial charge is 0.444 e. The second-order valence-electron chi connectivity index (χ2n) is 5.07. The molecular formula is C10H17FN4O2. The number of carbonyl (C=O) groups excluding carboxylic acids is 1. The third kappa shape index (κ3) is 3.78. The van der Waals surface area contributed by atoms with Crippen molar-refractivity contribution in [3.8, 4) is 0 Å². The van der Waals surface area contributed by atoms with Crippen LogP contribution >= 0.6 is 0 Å². The number of rotatable bonds is 2. The van der Waals surface area contributed by atoms with Crippen LogP contribution in [0.4, 0.5) is 9.18 Å². The van der Waals surface area contributed by atoms with Gasteiger partial charge in [0.1, 0.15) is 5.60 Å². The van der Waals surface area contributed by atoms with E-state index in [1.807, 2.05) is 0 Å². The summed E-state index contributed by atoms with van der Waals surface area (Å²) in [7, 11) is 0. The van der Waals surface area contributed by atoms with Gasteiger partial charge in [-0.05, 0) is 26.3 Å². The zero-order valence-electron chi connectivity index (χ0n) is 10.3. The predicted molar refractivity (Wildman–Crippen MR) is 60.2 cm³/mol. The lowest BCUT2D eigenvalue weighted by atomic mass is 10.1. The molecule has 1 aliphatic heterocycles. The number of carbonyl (C=O) groups is 1. The fourth-order valence-electron chi connectivity index (χ4n) is 1.68. The SMILES string of the molecule is CC(C)(C)OC(=O)N1C[C@@H](CF)[C@@H](N=[N+]=[N-])C1. The van der Waals surface area contributed by atoms with E-state index >= 15 is 0 Å². The number of amides is 1. The maximum atomic E-state index is 12.7. The zero-order valence-corrected chi connectivity index (χ0v) is 10.3. The molecule has 0 bridgehead atoms. The third-order valence-corrected chi connectivity index (χ3v) is 2.46. The molecule has 0 aromatic heterocycles. The van der Waals surface area contributed by atoms with E-state index in [9.17, 15) is 9.18 Å². The quantitative estimate of drug-likeness (QED) is 0.425. The van der Waals surface area contributed by atoms with Gasteiger partial charge in [0.25, 0.3) is 0 Å². The Hall–Kier alpha value is -1.49. The van der Waals surface area contributed by atoms with Crippen LogP contribution in [0.2, 0.25) is 0 Å². The van der Waals surface area contributed by atoms with Gasteiger partial charge in [-0.15, -0.1) is 0 Å². The number of halogens is 1. The van der Waals surface area contributed by atoms with Crippen LogP contribution in [0.5, 0.6) is 0 Å². The first kappa shape index (κ1) is 13.6. The van der Waals surface area contributed by atoms with E-state index < -0.39 is 30.3 Å². The molecule has 0 aromatic carbocycles. The molecule has 0 saturated carbocycles. The predicted octanol–water partition coefficient (Wildman–Crippen LogP) is 2.50. The van der Waals surface area contributed by atoms with Gasteiger partial charge in [0, 0.05) is 23.9 Å². The average Bonchev–Trinajstić information content (AvgIpc) is 2.59. The average molecular weight is 244 g/mol. The monoisotopic (exact) mass is 244 g/mol. The van der Waals surface area contributed by atoms with Crippen LogP contribution in [-0.4, -0.2) is 42.4 Å². The highest BCUT2D eigenvalue weighted by molar-refractivity contribution is 5.68. The second kappa shape index (κ2) is 5.23. The lowest BCUT2D eigenvalue weighted by Gasteiger charge is -2.24. The summed E-state index contributed by atoms with van der Waals surface area (Å²) in [6.45, 7) is 5.13. The fraction of sp³-hybridized carbons (Fsp3) is 0.900. The summed E-state index contributed by atoms with van der Waals surface area (Å²) in [5.41, 5.74) is 7.77. The van der Waals surface area contributed by atoms with E-state index in [0.717, 1.165) is 0 Å². The Morgan fingerprint density at radius 1 is 1.59 bits per heavy atom. The van der Waals surface area contributed by atoms with Crippen molar-refractivity contribution < 1.29 is 13.9 Å². The Balaban J connectivity index is 2.64. The van der Waals surface area contributed by atoms with Crippen LogP contribution in [0, 0.1) is 5.92 Å². The van der Waals surface area contributed by atoms with Gasteiger partial charge in [0.15, 0.2) is 0 Å². The molecule has 0 N–H and O–H groups in total. The molecule has 1 rings (SSSR count). The van der Waals surface area contributed by atoms with Crippen LogP contribution in [0.1, 0.15) is 20.8 Å². The molecule has 96 valence electrons. The molecule has 7 heteroatoms. The van der Waals surface area contributed by atoms with Crippen LogP contribution in [0.25, 0.3) is 10.4 Å². The molecule has 1 amide bonds. The zero-order chi connectivity index (χ0) is 13.1. The Kier molecular flexibility index (Phi) is 4.17. The Labute approximate surface area is 99.4 Å². The Bertz CT molecular complexity index is 336. The van der Waals surface area contributed by atoms with Crippen molar-refractivity contribution in [1.29, 1.82) is 0 Å². The lowest BCUT2D eigenvalue weighted by molar-refractivity contribution is 0.0285. The van der Waals surface area contributed by atoms with Crippen molar-refractivity contribution in [1.82, 2.24) is 4.90 Å². The molecule has 2 atom stereocenters. The molecule has 0 spiro atoms. The van der Waals surface area contributed by atoms with E-state index in [1.54, 1.807) is 20.8 Å². The minimum Gasteiger partial charge on any atom is -0.444 e. The minimum atomic E-state index is -0.608. The molecule has 1 aliphatic rings. The summed E-state index contributed by atoms with van der Waals surface area (Å²) < 4.78 is 17.9. The molecule has 17 heavy (non-hydrogen) atoms. The van der Waals surface area contributed by atoms with Gasteiger partial charge in [-0.1, -0.05) is 5.11 Å². The van der Waals surface area contributed by atoms with E-state index in [0.29, 0.717) is 0 Å². The first-order valence-electron chi connectivity index (χ1n) is 5.45. The van der Waals surface area contributed by atoms with E-state index in [1.165, 1.54) is 4.90 Å². The number of hydrogen-bond donors (Lipinski definition) is 0. The highest BCUT2D eigenvalue weighted by atomic mass is 19.1. The molecule has 1 heterocycles. The summed E-state index contributed by atoms with van der Waals surface area (Å²) in [5.74, 6) is -0.432. The molecule has 1 fully saturated rings. The molecule has 6 nitrogen and oxygen atoms in total. The highest BCUT2D eigenvalue weighted by Gasteiger charge is 2.36.